The minimum absolute atomic E-state index is 0.0348. The maximum Gasteiger partial charge on any atom is 0.324 e. The van der Waals surface area contributed by atoms with E-state index in [1.54, 1.807) is 17.2 Å². The van der Waals surface area contributed by atoms with Gasteiger partial charge >= 0.3 is 6.03 Å². The van der Waals surface area contributed by atoms with E-state index in [1.165, 1.54) is 6.08 Å². The lowest BCUT2D eigenvalue weighted by molar-refractivity contribution is -0.126. The molecule has 7 nitrogen and oxygen atoms in total. The van der Waals surface area contributed by atoms with Gasteiger partial charge in [0.25, 0.3) is 0 Å². The highest BCUT2D eigenvalue weighted by Crippen LogP contribution is 2.24. The van der Waals surface area contributed by atoms with Crippen LogP contribution in [-0.4, -0.2) is 48.0 Å². The number of nitrogens with zero attached hydrogens (tertiary/aromatic N) is 3. The number of anilines is 3. The number of urea groups is 1. The van der Waals surface area contributed by atoms with Crippen LogP contribution in [0.3, 0.4) is 0 Å². The summed E-state index contributed by atoms with van der Waals surface area (Å²) in [7, 11) is 0. The van der Waals surface area contributed by atoms with Gasteiger partial charge in [-0.25, -0.2) is 9.78 Å². The van der Waals surface area contributed by atoms with Crippen LogP contribution in [0.15, 0.2) is 55.3 Å². The topological polar surface area (TPSA) is 77.6 Å². The van der Waals surface area contributed by atoms with Gasteiger partial charge in [-0.15, -0.1) is 0 Å². The summed E-state index contributed by atoms with van der Waals surface area (Å²) in [5, 5.41) is 5.67. The smallest absolute Gasteiger partial charge is 0.324 e. The van der Waals surface area contributed by atoms with E-state index in [4.69, 9.17) is 0 Å². The Kier molecular flexibility index (Phi) is 6.49. The van der Waals surface area contributed by atoms with E-state index in [1.807, 2.05) is 30.3 Å². The van der Waals surface area contributed by atoms with Crippen molar-refractivity contribution in [2.45, 2.75) is 19.8 Å². The van der Waals surface area contributed by atoms with Gasteiger partial charge < -0.3 is 15.1 Å². The molecule has 152 valence electrons. The van der Waals surface area contributed by atoms with E-state index >= 15 is 0 Å². The van der Waals surface area contributed by atoms with Crippen molar-refractivity contribution in [1.29, 1.82) is 0 Å². The van der Waals surface area contributed by atoms with E-state index < -0.39 is 0 Å². The minimum Gasteiger partial charge on any atom is -0.367 e. The molecule has 3 amide bonds. The first-order valence-corrected chi connectivity index (χ1v) is 9.77. The predicted octanol–water partition coefficient (Wildman–Crippen LogP) is 3.68. The number of hydrogen-bond acceptors (Lipinski definition) is 4. The van der Waals surface area contributed by atoms with Gasteiger partial charge in [0.1, 0.15) is 5.82 Å². The summed E-state index contributed by atoms with van der Waals surface area (Å²) in [6.07, 6.45) is 3.09. The molecule has 1 aromatic carbocycles. The number of aromatic nitrogens is 1. The van der Waals surface area contributed by atoms with Gasteiger partial charge in [0, 0.05) is 31.9 Å². The number of piperazine rings is 1. The van der Waals surface area contributed by atoms with Crippen molar-refractivity contribution in [2.24, 2.45) is 0 Å². The lowest BCUT2D eigenvalue weighted by Crippen LogP contribution is -2.48. The first-order valence-electron chi connectivity index (χ1n) is 9.77. The minimum atomic E-state index is -0.324. The number of rotatable bonds is 5. The number of amides is 3. The molecule has 0 aliphatic carbocycles. The molecule has 0 spiro atoms. The number of carbonyl (C=O) groups excluding carboxylic acids is 2. The molecule has 29 heavy (non-hydrogen) atoms. The van der Waals surface area contributed by atoms with Crippen LogP contribution in [0.2, 0.25) is 0 Å². The van der Waals surface area contributed by atoms with Crippen LogP contribution in [0.5, 0.6) is 0 Å². The summed E-state index contributed by atoms with van der Waals surface area (Å²) in [6, 6.07) is 11.1. The van der Waals surface area contributed by atoms with Crippen molar-refractivity contribution >= 4 is 29.1 Å². The zero-order valence-electron chi connectivity index (χ0n) is 16.9. The van der Waals surface area contributed by atoms with Gasteiger partial charge in [-0.05, 0) is 35.8 Å². The SMILES string of the molecule is C=CC(=O)N1CCN(c2ccc(NC(=O)Nc3ccccc3C(C)C)nc2)CC1. The fourth-order valence-electron chi connectivity index (χ4n) is 3.35. The van der Waals surface area contributed by atoms with Crippen molar-refractivity contribution in [3.63, 3.8) is 0 Å². The Labute approximate surface area is 171 Å². The average Bonchev–Trinajstić information content (AvgIpc) is 2.74. The van der Waals surface area contributed by atoms with E-state index in [0.717, 1.165) is 30.0 Å². The average molecular weight is 393 g/mol. The van der Waals surface area contributed by atoms with E-state index in [-0.39, 0.29) is 11.9 Å². The molecule has 1 aromatic heterocycles. The van der Waals surface area contributed by atoms with Gasteiger partial charge in [0.15, 0.2) is 0 Å². The summed E-state index contributed by atoms with van der Waals surface area (Å²) in [5.41, 5.74) is 2.84. The van der Waals surface area contributed by atoms with Crippen LogP contribution in [-0.2, 0) is 4.79 Å². The van der Waals surface area contributed by atoms with Crippen LogP contribution >= 0.6 is 0 Å². The van der Waals surface area contributed by atoms with Gasteiger partial charge in [-0.3, -0.25) is 10.1 Å². The Bertz CT molecular complexity index is 871. The third kappa shape index (κ3) is 5.13. The number of para-hydroxylation sites is 1. The second kappa shape index (κ2) is 9.23. The van der Waals surface area contributed by atoms with Crippen molar-refractivity contribution < 1.29 is 9.59 Å². The molecule has 1 saturated heterocycles. The van der Waals surface area contributed by atoms with E-state index in [2.05, 4.69) is 40.9 Å². The molecule has 2 aromatic rings. The Hall–Kier alpha value is -3.35. The van der Waals surface area contributed by atoms with Crippen LogP contribution < -0.4 is 15.5 Å². The van der Waals surface area contributed by atoms with Crippen molar-refractivity contribution in [2.75, 3.05) is 41.7 Å². The molecule has 0 saturated carbocycles. The third-order valence-corrected chi connectivity index (χ3v) is 4.95. The summed E-state index contributed by atoms with van der Waals surface area (Å²) in [5.74, 6) is 0.757. The van der Waals surface area contributed by atoms with Gasteiger partial charge in [-0.1, -0.05) is 38.6 Å². The van der Waals surface area contributed by atoms with Crippen LogP contribution in [0, 0.1) is 0 Å². The normalized spacial score (nSPS) is 13.9. The molecule has 1 fully saturated rings. The Balaban J connectivity index is 1.56. The number of hydrogen-bond donors (Lipinski definition) is 2. The molecule has 3 rings (SSSR count). The fraction of sp³-hybridized carbons (Fsp3) is 0.318. The largest absolute Gasteiger partial charge is 0.367 e. The molecule has 2 N–H and O–H groups in total. The zero-order chi connectivity index (χ0) is 20.8. The number of nitrogens with one attached hydrogen (secondary N) is 2. The lowest BCUT2D eigenvalue weighted by Gasteiger charge is -2.35. The summed E-state index contributed by atoms with van der Waals surface area (Å²) in [6.45, 7) is 10.5. The lowest BCUT2D eigenvalue weighted by atomic mass is 10.0. The van der Waals surface area contributed by atoms with Gasteiger partial charge in [-0.2, -0.15) is 0 Å². The van der Waals surface area contributed by atoms with Crippen molar-refractivity contribution in [3.8, 4) is 0 Å². The van der Waals surface area contributed by atoms with Crippen LogP contribution in [0.1, 0.15) is 25.3 Å². The van der Waals surface area contributed by atoms with Crippen LogP contribution in [0.4, 0.5) is 22.0 Å². The Morgan fingerprint density at radius 1 is 1.07 bits per heavy atom. The zero-order valence-corrected chi connectivity index (χ0v) is 16.9. The highest BCUT2D eigenvalue weighted by atomic mass is 16.2. The Morgan fingerprint density at radius 2 is 1.79 bits per heavy atom. The molecular weight excluding hydrogens is 366 g/mol. The second-order valence-corrected chi connectivity index (χ2v) is 7.24. The molecular formula is C22H27N5O2. The molecule has 7 heteroatoms. The molecule has 0 radical (unpaired) electrons. The molecule has 0 unspecified atom stereocenters. The molecule has 1 aliphatic rings. The summed E-state index contributed by atoms with van der Waals surface area (Å²) in [4.78, 5) is 32.3. The third-order valence-electron chi connectivity index (χ3n) is 4.95. The summed E-state index contributed by atoms with van der Waals surface area (Å²) >= 11 is 0. The van der Waals surface area contributed by atoms with E-state index in [0.29, 0.717) is 24.8 Å². The summed E-state index contributed by atoms with van der Waals surface area (Å²) < 4.78 is 0. The molecule has 1 aliphatic heterocycles. The number of benzene rings is 1. The first-order chi connectivity index (χ1) is 14.0. The molecule has 0 atom stereocenters. The molecule has 2 heterocycles. The maximum atomic E-state index is 12.4. The number of pyridine rings is 1. The second-order valence-electron chi connectivity index (χ2n) is 7.24. The quantitative estimate of drug-likeness (QED) is 0.760. The predicted molar refractivity (Wildman–Crippen MR) is 116 cm³/mol. The van der Waals surface area contributed by atoms with Crippen molar-refractivity contribution in [1.82, 2.24) is 9.88 Å². The van der Waals surface area contributed by atoms with Crippen LogP contribution in [0.25, 0.3) is 0 Å². The van der Waals surface area contributed by atoms with E-state index in [9.17, 15) is 9.59 Å². The highest BCUT2D eigenvalue weighted by molar-refractivity contribution is 5.99. The van der Waals surface area contributed by atoms with Gasteiger partial charge in [0.05, 0.1) is 11.9 Å². The molecule has 0 bridgehead atoms. The Morgan fingerprint density at radius 3 is 2.41 bits per heavy atom. The van der Waals surface area contributed by atoms with Crippen molar-refractivity contribution in [3.05, 3.63) is 60.8 Å². The first kappa shape index (κ1) is 20.4. The monoisotopic (exact) mass is 393 g/mol. The fourth-order valence-corrected chi connectivity index (χ4v) is 3.35. The number of carbonyl (C=O) groups is 2. The maximum absolute atomic E-state index is 12.4. The highest BCUT2D eigenvalue weighted by Gasteiger charge is 2.19. The van der Waals surface area contributed by atoms with Gasteiger partial charge in [0.2, 0.25) is 5.91 Å². The standard InChI is InChI=1S/C22H27N5O2/c1-4-21(28)27-13-11-26(12-14-27)17-9-10-20(23-15-17)25-22(29)24-19-8-6-5-7-18(19)16(2)3/h4-10,15-16H,1,11-14H2,2-3H3,(H2,23,24,25,29).